The molecule has 0 unspecified atom stereocenters. The number of aliphatic carboxylic acids is 1. The Balaban J connectivity index is 1.85. The highest BCUT2D eigenvalue weighted by atomic mass is 33.1. The van der Waals surface area contributed by atoms with Crippen LogP contribution >= 0.6 is 21.6 Å². The average Bonchev–Trinajstić information content (AvgIpc) is 2.95. The molecular weight excluding hydrogens is 562 g/mol. The molecule has 0 heterocycles. The highest BCUT2D eigenvalue weighted by Crippen LogP contribution is 2.23. The Morgan fingerprint density at radius 2 is 1.23 bits per heavy atom. The SMILES string of the molecule is CCOC(=O)CNC(=O)[C@H](CSSC[C@@H](NC(=O)OCc1ccccc1)C(=O)O)NC(=O)OCc1ccccc1. The van der Waals surface area contributed by atoms with E-state index in [0.717, 1.165) is 32.7 Å². The third-order valence-electron chi connectivity index (χ3n) is 4.89. The Hall–Kier alpha value is -3.91. The molecule has 2 rings (SSSR count). The predicted octanol–water partition coefficient (Wildman–Crippen LogP) is 2.72. The van der Waals surface area contributed by atoms with Gasteiger partial charge in [0, 0.05) is 11.5 Å². The van der Waals surface area contributed by atoms with Crippen molar-refractivity contribution in [3.63, 3.8) is 0 Å². The summed E-state index contributed by atoms with van der Waals surface area (Å²) in [5, 5.41) is 16.6. The fourth-order valence-corrected chi connectivity index (χ4v) is 5.22. The topological polar surface area (TPSA) is 169 Å². The number of amides is 3. The Morgan fingerprint density at radius 3 is 1.70 bits per heavy atom. The van der Waals surface area contributed by atoms with Crippen molar-refractivity contribution in [1.82, 2.24) is 16.0 Å². The van der Waals surface area contributed by atoms with E-state index in [9.17, 15) is 29.1 Å². The molecule has 216 valence electrons. The molecule has 0 spiro atoms. The van der Waals surface area contributed by atoms with E-state index in [2.05, 4.69) is 16.0 Å². The fourth-order valence-electron chi connectivity index (χ4n) is 2.90. The third kappa shape index (κ3) is 13.2. The first-order chi connectivity index (χ1) is 19.3. The second kappa shape index (κ2) is 18.4. The summed E-state index contributed by atoms with van der Waals surface area (Å²) in [4.78, 5) is 60.3. The number of hydrogen-bond acceptors (Lipinski definition) is 10. The molecule has 2 aromatic rings. The highest BCUT2D eigenvalue weighted by Gasteiger charge is 2.25. The van der Waals surface area contributed by atoms with Crippen molar-refractivity contribution in [2.45, 2.75) is 32.2 Å². The van der Waals surface area contributed by atoms with Crippen LogP contribution in [0.4, 0.5) is 9.59 Å². The third-order valence-corrected chi connectivity index (χ3v) is 7.31. The number of ether oxygens (including phenoxy) is 3. The molecule has 2 aromatic carbocycles. The zero-order chi connectivity index (χ0) is 29.2. The maximum atomic E-state index is 12.7. The summed E-state index contributed by atoms with van der Waals surface area (Å²) in [6.45, 7) is 1.35. The molecule has 0 bridgehead atoms. The highest BCUT2D eigenvalue weighted by molar-refractivity contribution is 8.76. The molecular formula is C26H31N3O9S2. The monoisotopic (exact) mass is 593 g/mol. The normalized spacial score (nSPS) is 11.8. The largest absolute Gasteiger partial charge is 0.480 e. The van der Waals surface area contributed by atoms with E-state index in [4.69, 9.17) is 14.2 Å². The van der Waals surface area contributed by atoms with Gasteiger partial charge in [0.2, 0.25) is 5.91 Å². The van der Waals surface area contributed by atoms with Gasteiger partial charge in [-0.15, -0.1) is 0 Å². The van der Waals surface area contributed by atoms with Gasteiger partial charge < -0.3 is 35.3 Å². The molecule has 2 atom stereocenters. The van der Waals surface area contributed by atoms with E-state index in [1.54, 1.807) is 55.5 Å². The number of hydrogen-bond donors (Lipinski definition) is 4. The van der Waals surface area contributed by atoms with Gasteiger partial charge in [-0.25, -0.2) is 14.4 Å². The van der Waals surface area contributed by atoms with Crippen LogP contribution in [0.15, 0.2) is 60.7 Å². The van der Waals surface area contributed by atoms with Crippen molar-refractivity contribution in [3.05, 3.63) is 71.8 Å². The number of nitrogens with one attached hydrogen (secondary N) is 3. The lowest BCUT2D eigenvalue weighted by Gasteiger charge is -2.18. The second-order valence-electron chi connectivity index (χ2n) is 7.95. The molecule has 40 heavy (non-hydrogen) atoms. The molecule has 0 aliphatic rings. The Bertz CT molecular complexity index is 1110. The molecule has 0 saturated carbocycles. The van der Waals surface area contributed by atoms with E-state index in [1.165, 1.54) is 0 Å². The summed E-state index contributed by atoms with van der Waals surface area (Å²) in [5.74, 6) is -2.62. The number of alkyl carbamates (subject to hydrolysis) is 2. The Morgan fingerprint density at radius 1 is 0.750 bits per heavy atom. The quantitative estimate of drug-likeness (QED) is 0.0977. The van der Waals surface area contributed by atoms with Crippen LogP contribution in [0.25, 0.3) is 0 Å². The van der Waals surface area contributed by atoms with Crippen LogP contribution in [-0.2, 0) is 41.8 Å². The first kappa shape index (κ1) is 32.3. The van der Waals surface area contributed by atoms with Crippen LogP contribution in [-0.4, -0.2) is 71.9 Å². The van der Waals surface area contributed by atoms with Crippen LogP contribution in [0.3, 0.4) is 0 Å². The van der Waals surface area contributed by atoms with Gasteiger partial charge in [-0.3, -0.25) is 9.59 Å². The predicted molar refractivity (Wildman–Crippen MR) is 149 cm³/mol. The maximum absolute atomic E-state index is 12.7. The van der Waals surface area contributed by atoms with Gasteiger partial charge >= 0.3 is 24.1 Å². The van der Waals surface area contributed by atoms with E-state index in [-0.39, 0.29) is 31.3 Å². The van der Waals surface area contributed by atoms with Crippen molar-refractivity contribution < 1.29 is 43.3 Å². The molecule has 0 aliphatic heterocycles. The number of benzene rings is 2. The Labute approximate surface area is 239 Å². The van der Waals surface area contributed by atoms with Gasteiger partial charge in [-0.1, -0.05) is 82.3 Å². The Kier molecular flexibility index (Phi) is 14.9. The lowest BCUT2D eigenvalue weighted by Crippen LogP contribution is -2.49. The number of carbonyl (C=O) groups is 5. The first-order valence-electron chi connectivity index (χ1n) is 12.1. The van der Waals surface area contributed by atoms with E-state index in [0.29, 0.717) is 0 Å². The van der Waals surface area contributed by atoms with Gasteiger partial charge in [0.15, 0.2) is 0 Å². The summed E-state index contributed by atoms with van der Waals surface area (Å²) in [6, 6.07) is 15.5. The number of carbonyl (C=O) groups excluding carboxylic acids is 4. The molecule has 0 aliphatic carbocycles. The zero-order valence-corrected chi connectivity index (χ0v) is 23.3. The lowest BCUT2D eigenvalue weighted by molar-refractivity contribution is -0.143. The fraction of sp³-hybridized carbons (Fsp3) is 0.346. The summed E-state index contributed by atoms with van der Waals surface area (Å²) < 4.78 is 15.0. The van der Waals surface area contributed by atoms with Crippen LogP contribution in [0, 0.1) is 0 Å². The van der Waals surface area contributed by atoms with Crippen molar-refractivity contribution in [2.24, 2.45) is 0 Å². The van der Waals surface area contributed by atoms with Gasteiger partial charge in [-0.05, 0) is 18.1 Å². The summed E-state index contributed by atoms with van der Waals surface area (Å²) >= 11 is 0. The summed E-state index contributed by atoms with van der Waals surface area (Å²) in [5.41, 5.74) is 1.50. The van der Waals surface area contributed by atoms with Crippen LogP contribution in [0.2, 0.25) is 0 Å². The van der Waals surface area contributed by atoms with Crippen molar-refractivity contribution in [3.8, 4) is 0 Å². The van der Waals surface area contributed by atoms with E-state index in [1.807, 2.05) is 12.1 Å². The standard InChI is InChI=1S/C26H31N3O9S2/c1-2-36-22(30)13-27-23(31)20(28-25(34)37-14-18-9-5-3-6-10-18)16-39-40-17-21(24(32)33)29-26(35)38-15-19-11-7-4-8-12-19/h3-12,20-21H,2,13-17H2,1H3,(H,27,31)(H,28,34)(H,29,35)(H,32,33)/t20-,21+/m0/s1. The minimum atomic E-state index is -1.27. The molecule has 0 fully saturated rings. The van der Waals surface area contributed by atoms with Gasteiger partial charge in [0.05, 0.1) is 6.61 Å². The van der Waals surface area contributed by atoms with E-state index < -0.39 is 48.7 Å². The number of carboxylic acid groups (broad SMARTS) is 1. The molecule has 0 aromatic heterocycles. The summed E-state index contributed by atoms with van der Waals surface area (Å²) in [6.07, 6.45) is -1.74. The van der Waals surface area contributed by atoms with Gasteiger partial charge in [-0.2, -0.15) is 0 Å². The summed E-state index contributed by atoms with van der Waals surface area (Å²) in [7, 11) is 2.15. The van der Waals surface area contributed by atoms with Crippen molar-refractivity contribution in [2.75, 3.05) is 24.7 Å². The smallest absolute Gasteiger partial charge is 0.408 e. The molecule has 0 radical (unpaired) electrons. The van der Waals surface area contributed by atoms with Crippen molar-refractivity contribution >= 4 is 51.6 Å². The molecule has 12 nitrogen and oxygen atoms in total. The van der Waals surface area contributed by atoms with Crippen LogP contribution in [0.1, 0.15) is 18.1 Å². The van der Waals surface area contributed by atoms with Crippen LogP contribution in [0.5, 0.6) is 0 Å². The molecule has 14 heteroatoms. The second-order valence-corrected chi connectivity index (χ2v) is 10.5. The molecule has 4 N–H and O–H groups in total. The van der Waals surface area contributed by atoms with E-state index >= 15 is 0 Å². The van der Waals surface area contributed by atoms with Crippen LogP contribution < -0.4 is 16.0 Å². The average molecular weight is 594 g/mol. The lowest BCUT2D eigenvalue weighted by atomic mass is 10.2. The number of carboxylic acids is 1. The maximum Gasteiger partial charge on any atom is 0.408 e. The minimum absolute atomic E-state index is 0.00452. The minimum Gasteiger partial charge on any atom is -0.480 e. The number of rotatable bonds is 16. The zero-order valence-electron chi connectivity index (χ0n) is 21.7. The molecule has 0 saturated heterocycles. The van der Waals surface area contributed by atoms with Crippen molar-refractivity contribution in [1.29, 1.82) is 0 Å². The molecule has 3 amide bonds. The van der Waals surface area contributed by atoms with Gasteiger partial charge in [0.25, 0.3) is 0 Å². The first-order valence-corrected chi connectivity index (χ1v) is 14.6. The number of esters is 1. The van der Waals surface area contributed by atoms with Gasteiger partial charge in [0.1, 0.15) is 31.8 Å².